The number of nitrogens with zero attached hydrogens (tertiary/aromatic N) is 2. The summed E-state index contributed by atoms with van der Waals surface area (Å²) in [5.74, 6) is 3.43. The van der Waals surface area contributed by atoms with E-state index < -0.39 is 0 Å². The first-order chi connectivity index (χ1) is 12.1. The van der Waals surface area contributed by atoms with E-state index in [1.54, 1.807) is 7.11 Å². The van der Waals surface area contributed by atoms with Crippen LogP contribution < -0.4 is 20.1 Å². The smallest absolute Gasteiger partial charge is 0.216 e. The van der Waals surface area contributed by atoms with Gasteiger partial charge in [-0.15, -0.1) is 0 Å². The molecule has 0 unspecified atom stereocenters. The normalized spacial score (nSPS) is 11.3. The van der Waals surface area contributed by atoms with Crippen molar-refractivity contribution in [1.29, 1.82) is 0 Å². The van der Waals surface area contributed by atoms with Gasteiger partial charge in [-0.05, 0) is 39.8 Å². The summed E-state index contributed by atoms with van der Waals surface area (Å²) in [6.45, 7) is 9.44. The van der Waals surface area contributed by atoms with E-state index in [0.29, 0.717) is 36.5 Å². The Kier molecular flexibility index (Phi) is 6.68. The molecule has 1 aromatic heterocycles. The number of aryl methyl sites for hydroxylation is 2. The quantitative estimate of drug-likeness (QED) is 0.591. The molecule has 0 amide bonds. The van der Waals surface area contributed by atoms with Crippen LogP contribution >= 0.6 is 0 Å². The molecule has 0 aliphatic rings. The lowest BCUT2D eigenvalue weighted by Gasteiger charge is -2.14. The fraction of sp³-hybridized carbons (Fsp3) is 0.444. The number of aromatic nitrogens is 1. The van der Waals surface area contributed by atoms with Crippen LogP contribution in [0.25, 0.3) is 0 Å². The minimum atomic E-state index is 0.359. The van der Waals surface area contributed by atoms with Crippen molar-refractivity contribution in [3.63, 3.8) is 0 Å². The summed E-state index contributed by atoms with van der Waals surface area (Å²) in [6, 6.07) is 5.66. The van der Waals surface area contributed by atoms with Crippen molar-refractivity contribution >= 4 is 11.6 Å². The van der Waals surface area contributed by atoms with Crippen molar-refractivity contribution in [2.75, 3.05) is 25.6 Å². The van der Waals surface area contributed by atoms with Crippen LogP contribution in [0.15, 0.2) is 27.6 Å². The average molecular weight is 346 g/mol. The number of hydrogen-bond donors (Lipinski definition) is 2. The van der Waals surface area contributed by atoms with Crippen molar-refractivity contribution in [1.82, 2.24) is 10.3 Å². The summed E-state index contributed by atoms with van der Waals surface area (Å²) in [7, 11) is 1.62. The van der Waals surface area contributed by atoms with E-state index in [2.05, 4.69) is 20.6 Å². The van der Waals surface area contributed by atoms with Gasteiger partial charge in [0.05, 0.1) is 19.4 Å². The van der Waals surface area contributed by atoms with Crippen LogP contribution in [-0.4, -0.2) is 31.2 Å². The molecule has 25 heavy (non-hydrogen) atoms. The minimum absolute atomic E-state index is 0.359. The van der Waals surface area contributed by atoms with Gasteiger partial charge in [0.25, 0.3) is 0 Å². The number of methoxy groups -OCH3 is 1. The summed E-state index contributed by atoms with van der Waals surface area (Å²) >= 11 is 0. The predicted molar refractivity (Wildman–Crippen MR) is 98.6 cm³/mol. The Hall–Kier alpha value is -2.70. The largest absolute Gasteiger partial charge is 0.493 e. The molecule has 1 aromatic carbocycles. The highest BCUT2D eigenvalue weighted by Crippen LogP contribution is 2.30. The van der Waals surface area contributed by atoms with Crippen molar-refractivity contribution in [3.8, 4) is 11.5 Å². The Morgan fingerprint density at radius 1 is 1.24 bits per heavy atom. The Morgan fingerprint density at radius 2 is 2.04 bits per heavy atom. The molecule has 0 aliphatic carbocycles. The highest BCUT2D eigenvalue weighted by atomic mass is 16.5. The fourth-order valence-electron chi connectivity index (χ4n) is 2.22. The first kappa shape index (κ1) is 18.6. The van der Waals surface area contributed by atoms with Crippen molar-refractivity contribution in [2.45, 2.75) is 34.2 Å². The monoisotopic (exact) mass is 346 g/mol. The minimum Gasteiger partial charge on any atom is -0.493 e. The molecule has 136 valence electrons. The lowest BCUT2D eigenvalue weighted by molar-refractivity contribution is 0.311. The number of hydrogen-bond acceptors (Lipinski definition) is 5. The topological polar surface area (TPSA) is 80.9 Å². The van der Waals surface area contributed by atoms with E-state index in [1.807, 2.05) is 45.9 Å². The van der Waals surface area contributed by atoms with E-state index in [9.17, 15) is 0 Å². The third-order valence-corrected chi connectivity index (χ3v) is 3.52. The molecule has 0 spiro atoms. The van der Waals surface area contributed by atoms with Gasteiger partial charge in [-0.1, -0.05) is 0 Å². The highest BCUT2D eigenvalue weighted by Gasteiger charge is 2.08. The van der Waals surface area contributed by atoms with Gasteiger partial charge in [0.2, 0.25) is 5.89 Å². The molecule has 2 rings (SSSR count). The van der Waals surface area contributed by atoms with Gasteiger partial charge < -0.3 is 24.5 Å². The third-order valence-electron chi connectivity index (χ3n) is 3.52. The van der Waals surface area contributed by atoms with Crippen LogP contribution in [0.3, 0.4) is 0 Å². The molecule has 1 heterocycles. The van der Waals surface area contributed by atoms with Crippen molar-refractivity contribution in [2.24, 2.45) is 4.99 Å². The summed E-state index contributed by atoms with van der Waals surface area (Å²) in [5.41, 5.74) is 1.74. The standard InChI is InChI=1S/C18H26N4O3/c1-6-19-18(20-11-17-21-12(3)13(4)25-17)22-14-8-9-15(24-7-2)16(10-14)23-5/h8-10H,6-7,11H2,1-5H3,(H2,19,20,22). The maximum Gasteiger partial charge on any atom is 0.216 e. The van der Waals surface area contributed by atoms with E-state index in [-0.39, 0.29) is 0 Å². The van der Waals surface area contributed by atoms with E-state index >= 15 is 0 Å². The van der Waals surface area contributed by atoms with Crippen molar-refractivity contribution in [3.05, 3.63) is 35.5 Å². The SMILES string of the molecule is CCNC(=NCc1nc(C)c(C)o1)Nc1ccc(OCC)c(OC)c1. The Bertz CT molecular complexity index is 706. The molecule has 0 atom stereocenters. The zero-order valence-corrected chi connectivity index (χ0v) is 15.5. The van der Waals surface area contributed by atoms with Gasteiger partial charge in [-0.2, -0.15) is 0 Å². The van der Waals surface area contributed by atoms with Crippen LogP contribution in [-0.2, 0) is 6.54 Å². The highest BCUT2D eigenvalue weighted by molar-refractivity contribution is 5.93. The fourth-order valence-corrected chi connectivity index (χ4v) is 2.22. The number of anilines is 1. The number of benzene rings is 1. The molecule has 2 aromatic rings. The van der Waals surface area contributed by atoms with E-state index in [4.69, 9.17) is 13.9 Å². The van der Waals surface area contributed by atoms with Crippen LogP contribution in [0.5, 0.6) is 11.5 Å². The van der Waals surface area contributed by atoms with E-state index in [0.717, 1.165) is 23.7 Å². The van der Waals surface area contributed by atoms with Crippen molar-refractivity contribution < 1.29 is 13.9 Å². The molecule has 0 saturated carbocycles. The lowest BCUT2D eigenvalue weighted by atomic mass is 10.2. The molecule has 0 aliphatic heterocycles. The molecule has 0 bridgehead atoms. The lowest BCUT2D eigenvalue weighted by Crippen LogP contribution is -2.30. The van der Waals surface area contributed by atoms with Gasteiger partial charge >= 0.3 is 0 Å². The summed E-state index contributed by atoms with van der Waals surface area (Å²) in [4.78, 5) is 8.86. The molecule has 7 nitrogen and oxygen atoms in total. The molecule has 0 radical (unpaired) electrons. The molecule has 0 fully saturated rings. The van der Waals surface area contributed by atoms with Crippen LogP contribution in [0.4, 0.5) is 5.69 Å². The number of oxazole rings is 1. The second-order valence-corrected chi connectivity index (χ2v) is 5.37. The Balaban J connectivity index is 2.13. The predicted octanol–water partition coefficient (Wildman–Crippen LogP) is 3.28. The summed E-state index contributed by atoms with van der Waals surface area (Å²) < 4.78 is 16.5. The second kappa shape index (κ2) is 8.96. The molecular weight excluding hydrogens is 320 g/mol. The Morgan fingerprint density at radius 3 is 2.64 bits per heavy atom. The summed E-state index contributed by atoms with van der Waals surface area (Å²) in [6.07, 6.45) is 0. The second-order valence-electron chi connectivity index (χ2n) is 5.37. The van der Waals surface area contributed by atoms with Gasteiger partial charge in [-0.25, -0.2) is 9.98 Å². The van der Waals surface area contributed by atoms with Gasteiger partial charge in [0, 0.05) is 18.3 Å². The zero-order chi connectivity index (χ0) is 18.2. The van der Waals surface area contributed by atoms with Crippen LogP contribution in [0, 0.1) is 13.8 Å². The number of nitrogens with one attached hydrogen (secondary N) is 2. The first-order valence-corrected chi connectivity index (χ1v) is 8.36. The molecular formula is C18H26N4O3. The maximum atomic E-state index is 5.56. The zero-order valence-electron chi connectivity index (χ0n) is 15.5. The number of ether oxygens (including phenoxy) is 2. The number of rotatable bonds is 7. The molecule has 7 heteroatoms. The third kappa shape index (κ3) is 5.14. The number of guanidine groups is 1. The summed E-state index contributed by atoms with van der Waals surface area (Å²) in [5, 5.41) is 6.45. The Labute approximate surface area is 148 Å². The molecule has 0 saturated heterocycles. The van der Waals surface area contributed by atoms with E-state index in [1.165, 1.54) is 0 Å². The number of aliphatic imine (C=N–C) groups is 1. The maximum absolute atomic E-state index is 5.56. The molecule has 2 N–H and O–H groups in total. The van der Waals surface area contributed by atoms with Gasteiger partial charge in [0.1, 0.15) is 12.3 Å². The average Bonchev–Trinajstić information content (AvgIpc) is 2.92. The van der Waals surface area contributed by atoms with Crippen LogP contribution in [0.2, 0.25) is 0 Å². The first-order valence-electron chi connectivity index (χ1n) is 8.36. The van der Waals surface area contributed by atoms with Crippen LogP contribution in [0.1, 0.15) is 31.2 Å². The van der Waals surface area contributed by atoms with Gasteiger partial charge in [-0.3, -0.25) is 0 Å². The van der Waals surface area contributed by atoms with Gasteiger partial charge in [0.15, 0.2) is 17.5 Å².